The van der Waals surface area contributed by atoms with Gasteiger partial charge in [-0.15, -0.1) is 0 Å². The fourth-order valence-corrected chi connectivity index (χ4v) is 3.92. The molecule has 2 aliphatic heterocycles. The van der Waals surface area contributed by atoms with E-state index >= 15 is 0 Å². The van der Waals surface area contributed by atoms with Crippen molar-refractivity contribution in [2.75, 3.05) is 4.90 Å². The number of amides is 1. The minimum Gasteiger partial charge on any atom is -0.366 e. The number of fused-ring (bicyclic) bond motifs is 2. The molecule has 2 aliphatic rings. The molecule has 1 amide bonds. The van der Waals surface area contributed by atoms with Gasteiger partial charge in [-0.1, -0.05) is 36.4 Å². The summed E-state index contributed by atoms with van der Waals surface area (Å²) < 4.78 is 0. The second kappa shape index (κ2) is 5.58. The summed E-state index contributed by atoms with van der Waals surface area (Å²) in [7, 11) is 0. The Balaban J connectivity index is 1.67. The number of benzene rings is 2. The van der Waals surface area contributed by atoms with Crippen molar-refractivity contribution in [3.8, 4) is 0 Å². The molecule has 2 aromatic carbocycles. The summed E-state index contributed by atoms with van der Waals surface area (Å²) >= 11 is 0. The van der Waals surface area contributed by atoms with Crippen molar-refractivity contribution in [1.29, 1.82) is 0 Å². The highest BCUT2D eigenvalue weighted by molar-refractivity contribution is 5.93. The maximum absolute atomic E-state index is 11.4. The molecule has 0 saturated carbocycles. The summed E-state index contributed by atoms with van der Waals surface area (Å²) in [6, 6.07) is 19.3. The Kier molecular flexibility index (Phi) is 3.41. The molecule has 1 fully saturated rings. The summed E-state index contributed by atoms with van der Waals surface area (Å²) in [6.07, 6.45) is 5.80. The van der Waals surface area contributed by atoms with Crippen LogP contribution in [-0.4, -0.2) is 18.0 Å². The van der Waals surface area contributed by atoms with Crippen LogP contribution in [0.2, 0.25) is 0 Å². The Labute approximate surface area is 136 Å². The average molecular weight is 304 g/mol. The number of primary amides is 1. The maximum atomic E-state index is 11.4. The highest BCUT2D eigenvalue weighted by atomic mass is 16.1. The first-order valence-corrected chi connectivity index (χ1v) is 8.17. The normalized spacial score (nSPS) is 22.8. The molecule has 1 saturated heterocycles. The predicted octanol–water partition coefficient (Wildman–Crippen LogP) is 3.61. The Morgan fingerprint density at radius 3 is 2.61 bits per heavy atom. The van der Waals surface area contributed by atoms with E-state index in [1.165, 1.54) is 24.1 Å². The molecule has 3 heteroatoms. The maximum Gasteiger partial charge on any atom is 0.248 e. The van der Waals surface area contributed by atoms with Crippen molar-refractivity contribution in [3.05, 3.63) is 71.8 Å². The zero-order valence-corrected chi connectivity index (χ0v) is 13.0. The van der Waals surface area contributed by atoms with Crippen LogP contribution in [0.4, 0.5) is 5.69 Å². The third-order valence-electron chi connectivity index (χ3n) is 4.97. The lowest BCUT2D eigenvalue weighted by Gasteiger charge is -2.36. The van der Waals surface area contributed by atoms with E-state index in [4.69, 9.17) is 5.73 Å². The van der Waals surface area contributed by atoms with E-state index in [2.05, 4.69) is 47.4 Å². The lowest BCUT2D eigenvalue weighted by atomic mass is 9.93. The molecule has 0 aliphatic carbocycles. The van der Waals surface area contributed by atoms with E-state index in [0.717, 1.165) is 12.0 Å². The molecule has 116 valence electrons. The number of hydrogen-bond donors (Lipinski definition) is 1. The van der Waals surface area contributed by atoms with E-state index in [1.807, 2.05) is 12.1 Å². The molecular weight excluding hydrogens is 284 g/mol. The Hall–Kier alpha value is -2.55. The first-order chi connectivity index (χ1) is 11.2. The molecule has 2 unspecified atom stereocenters. The fourth-order valence-electron chi connectivity index (χ4n) is 3.92. The van der Waals surface area contributed by atoms with Crippen LogP contribution in [0, 0.1) is 0 Å². The number of hydrogen-bond acceptors (Lipinski definition) is 2. The van der Waals surface area contributed by atoms with Crippen LogP contribution in [0.15, 0.2) is 60.7 Å². The van der Waals surface area contributed by atoms with E-state index in [1.54, 1.807) is 6.07 Å². The lowest BCUT2D eigenvalue weighted by molar-refractivity contribution is 0.100. The quantitative estimate of drug-likeness (QED) is 0.941. The van der Waals surface area contributed by atoms with Crippen molar-refractivity contribution >= 4 is 17.2 Å². The van der Waals surface area contributed by atoms with Crippen LogP contribution in [0.25, 0.3) is 5.57 Å². The van der Waals surface area contributed by atoms with Gasteiger partial charge in [-0.25, -0.2) is 0 Å². The fraction of sp³-hybridized carbons (Fsp3) is 0.250. The van der Waals surface area contributed by atoms with Crippen LogP contribution in [0.5, 0.6) is 0 Å². The minimum absolute atomic E-state index is 0.364. The SMILES string of the molecule is NC(=O)c1cccc(C2=CC3CCC(C2)N3c2ccccc2)c1. The van der Waals surface area contributed by atoms with Crippen molar-refractivity contribution in [1.82, 2.24) is 0 Å². The van der Waals surface area contributed by atoms with Gasteiger partial charge in [0.1, 0.15) is 0 Å². The molecule has 2 aromatic rings. The van der Waals surface area contributed by atoms with Gasteiger partial charge < -0.3 is 10.6 Å². The highest BCUT2D eigenvalue weighted by Crippen LogP contribution is 2.41. The van der Waals surface area contributed by atoms with Gasteiger partial charge in [0.2, 0.25) is 5.91 Å². The third-order valence-corrected chi connectivity index (χ3v) is 4.97. The van der Waals surface area contributed by atoms with Gasteiger partial charge in [0.25, 0.3) is 0 Å². The highest BCUT2D eigenvalue weighted by Gasteiger charge is 2.36. The number of para-hydroxylation sites is 1. The average Bonchev–Trinajstić information content (AvgIpc) is 2.85. The van der Waals surface area contributed by atoms with Gasteiger partial charge in [0.15, 0.2) is 0 Å². The van der Waals surface area contributed by atoms with Crippen LogP contribution in [0.1, 0.15) is 35.2 Å². The molecule has 2 heterocycles. The van der Waals surface area contributed by atoms with Gasteiger partial charge in [0, 0.05) is 23.3 Å². The third kappa shape index (κ3) is 2.52. The Morgan fingerprint density at radius 2 is 1.87 bits per heavy atom. The minimum atomic E-state index is -0.364. The number of nitrogens with zero attached hydrogens (tertiary/aromatic N) is 1. The van der Waals surface area contributed by atoms with Crippen molar-refractivity contribution < 1.29 is 4.79 Å². The molecule has 3 nitrogen and oxygen atoms in total. The van der Waals surface area contributed by atoms with Crippen molar-refractivity contribution in [2.45, 2.75) is 31.3 Å². The monoisotopic (exact) mass is 304 g/mol. The van der Waals surface area contributed by atoms with Gasteiger partial charge in [-0.2, -0.15) is 0 Å². The van der Waals surface area contributed by atoms with Crippen LogP contribution < -0.4 is 10.6 Å². The van der Waals surface area contributed by atoms with Gasteiger partial charge >= 0.3 is 0 Å². The second-order valence-electron chi connectivity index (χ2n) is 6.38. The van der Waals surface area contributed by atoms with Gasteiger partial charge in [-0.3, -0.25) is 4.79 Å². The van der Waals surface area contributed by atoms with Crippen LogP contribution in [0.3, 0.4) is 0 Å². The molecule has 2 N–H and O–H groups in total. The number of rotatable bonds is 3. The van der Waals surface area contributed by atoms with Crippen molar-refractivity contribution in [2.24, 2.45) is 5.73 Å². The molecule has 0 spiro atoms. The number of nitrogens with two attached hydrogens (primary N) is 1. The smallest absolute Gasteiger partial charge is 0.248 e. The first-order valence-electron chi connectivity index (χ1n) is 8.17. The molecule has 4 rings (SSSR count). The Bertz CT molecular complexity index is 766. The zero-order chi connectivity index (χ0) is 15.8. The summed E-state index contributed by atoms with van der Waals surface area (Å²) in [5, 5.41) is 0. The largest absolute Gasteiger partial charge is 0.366 e. The number of anilines is 1. The summed E-state index contributed by atoms with van der Waals surface area (Å²) in [5.41, 5.74) is 9.77. The molecule has 23 heavy (non-hydrogen) atoms. The van der Waals surface area contributed by atoms with E-state index < -0.39 is 0 Å². The van der Waals surface area contributed by atoms with E-state index in [-0.39, 0.29) is 5.91 Å². The lowest BCUT2D eigenvalue weighted by Crippen LogP contribution is -2.38. The van der Waals surface area contributed by atoms with Gasteiger partial charge in [-0.05, 0) is 54.7 Å². The van der Waals surface area contributed by atoms with Crippen LogP contribution in [-0.2, 0) is 0 Å². The first kappa shape index (κ1) is 14.1. The topological polar surface area (TPSA) is 46.3 Å². The standard InChI is InChI=1S/C20H20N2O/c21-20(23)15-6-4-5-14(11-15)16-12-18-9-10-19(13-16)22(18)17-7-2-1-3-8-17/h1-8,11-12,18-19H,9-10,13H2,(H2,21,23). The van der Waals surface area contributed by atoms with E-state index in [0.29, 0.717) is 17.6 Å². The van der Waals surface area contributed by atoms with Crippen LogP contribution >= 0.6 is 0 Å². The predicted molar refractivity (Wildman–Crippen MR) is 93.3 cm³/mol. The van der Waals surface area contributed by atoms with Gasteiger partial charge in [0.05, 0.1) is 0 Å². The van der Waals surface area contributed by atoms with E-state index in [9.17, 15) is 4.79 Å². The molecule has 2 atom stereocenters. The molecule has 2 bridgehead atoms. The zero-order valence-electron chi connectivity index (χ0n) is 13.0. The molecular formula is C20H20N2O. The number of carbonyl (C=O) groups excluding carboxylic acids is 1. The summed E-state index contributed by atoms with van der Waals surface area (Å²) in [6.45, 7) is 0. The second-order valence-corrected chi connectivity index (χ2v) is 6.38. The Morgan fingerprint density at radius 1 is 1.04 bits per heavy atom. The number of carbonyl (C=O) groups is 1. The van der Waals surface area contributed by atoms with Crippen molar-refractivity contribution in [3.63, 3.8) is 0 Å². The summed E-state index contributed by atoms with van der Waals surface area (Å²) in [4.78, 5) is 14.0. The molecule has 0 aromatic heterocycles. The summed E-state index contributed by atoms with van der Waals surface area (Å²) in [5.74, 6) is -0.364. The molecule has 0 radical (unpaired) electrons.